The molecule has 0 N–H and O–H groups in total. The first-order chi connectivity index (χ1) is 27.8. The van der Waals surface area contributed by atoms with E-state index < -0.39 is 0 Å². The van der Waals surface area contributed by atoms with Crippen LogP contribution in [0.5, 0.6) is 0 Å². The van der Waals surface area contributed by atoms with Crippen molar-refractivity contribution < 1.29 is 4.42 Å². The number of nitrogens with zero attached hydrogens (tertiary/aromatic N) is 1. The molecule has 0 unspecified atom stereocenters. The van der Waals surface area contributed by atoms with Crippen LogP contribution in [0.25, 0.3) is 115 Å². The molecule has 2 heterocycles. The minimum Gasteiger partial charge on any atom is -0.456 e. The van der Waals surface area contributed by atoms with Gasteiger partial charge in [-0.25, -0.2) is 0 Å². The third-order valence-corrected chi connectivity index (χ3v) is 11.8. The van der Waals surface area contributed by atoms with Crippen LogP contribution in [0, 0.1) is 0 Å². The van der Waals surface area contributed by atoms with Crippen molar-refractivity contribution in [2.45, 2.75) is 0 Å². The van der Waals surface area contributed by atoms with Gasteiger partial charge < -0.3 is 8.98 Å². The molecule has 0 aliphatic heterocycles. The largest absolute Gasteiger partial charge is 0.456 e. The number of fused-ring (bicyclic) bond motifs is 10. The van der Waals surface area contributed by atoms with Gasteiger partial charge in [-0.15, -0.1) is 0 Å². The van der Waals surface area contributed by atoms with Crippen LogP contribution in [0.3, 0.4) is 0 Å². The highest BCUT2D eigenvalue weighted by atomic mass is 16.3. The van der Waals surface area contributed by atoms with Crippen molar-refractivity contribution in [3.8, 4) is 39.1 Å². The molecule has 0 aliphatic rings. The molecule has 0 aliphatic carbocycles. The Morgan fingerprint density at radius 3 is 1.59 bits per heavy atom. The summed E-state index contributed by atoms with van der Waals surface area (Å²) in [4.78, 5) is 0. The summed E-state index contributed by atoms with van der Waals surface area (Å²) >= 11 is 0. The summed E-state index contributed by atoms with van der Waals surface area (Å²) in [5, 5.41) is 12.2. The van der Waals surface area contributed by atoms with Crippen LogP contribution in [0.15, 0.2) is 205 Å². The van der Waals surface area contributed by atoms with Gasteiger partial charge in [0.1, 0.15) is 11.2 Å². The van der Waals surface area contributed by atoms with Crippen molar-refractivity contribution in [1.29, 1.82) is 0 Å². The second kappa shape index (κ2) is 12.0. The molecule has 0 saturated carbocycles. The maximum atomic E-state index is 6.42. The zero-order chi connectivity index (χ0) is 36.7. The highest BCUT2D eigenvalue weighted by Gasteiger charge is 2.19. The second-order valence-electron chi connectivity index (χ2n) is 14.8. The fourth-order valence-electron chi connectivity index (χ4n) is 9.32. The van der Waals surface area contributed by atoms with Gasteiger partial charge in [-0.2, -0.15) is 0 Å². The lowest BCUT2D eigenvalue weighted by molar-refractivity contribution is 0.669. The van der Waals surface area contributed by atoms with Gasteiger partial charge in [-0.1, -0.05) is 146 Å². The summed E-state index contributed by atoms with van der Waals surface area (Å²) in [6, 6.07) is 72.8. The highest BCUT2D eigenvalue weighted by molar-refractivity contribution is 6.24. The van der Waals surface area contributed by atoms with E-state index in [2.05, 4.69) is 205 Å². The molecule has 0 spiro atoms. The number of para-hydroxylation sites is 2. The summed E-state index contributed by atoms with van der Waals surface area (Å²) < 4.78 is 8.79. The number of furan rings is 1. The number of benzene rings is 10. The van der Waals surface area contributed by atoms with E-state index in [4.69, 9.17) is 4.42 Å². The minimum absolute atomic E-state index is 0.907. The monoisotopic (exact) mass is 711 g/mol. The summed E-state index contributed by atoms with van der Waals surface area (Å²) in [7, 11) is 0. The van der Waals surface area contributed by atoms with Crippen LogP contribution in [-0.4, -0.2) is 4.57 Å². The normalized spacial score (nSPS) is 11.9. The zero-order valence-electron chi connectivity index (χ0n) is 30.4. The van der Waals surface area contributed by atoms with Gasteiger partial charge in [0.2, 0.25) is 0 Å². The zero-order valence-corrected chi connectivity index (χ0v) is 30.4. The lowest BCUT2D eigenvalue weighted by atomic mass is 9.85. The molecular formula is C54H33NO. The molecule has 0 atom stereocenters. The summed E-state index contributed by atoms with van der Waals surface area (Å²) in [6.45, 7) is 0. The van der Waals surface area contributed by atoms with Crippen LogP contribution in [0.1, 0.15) is 0 Å². The first kappa shape index (κ1) is 31.0. The average Bonchev–Trinajstić information content (AvgIpc) is 3.81. The van der Waals surface area contributed by atoms with E-state index in [-0.39, 0.29) is 0 Å². The summed E-state index contributed by atoms with van der Waals surface area (Å²) in [5.74, 6) is 0. The summed E-state index contributed by atoms with van der Waals surface area (Å²) in [5.41, 5.74) is 12.7. The van der Waals surface area contributed by atoms with Gasteiger partial charge in [0, 0.05) is 27.2 Å². The molecule has 0 radical (unpaired) electrons. The Morgan fingerprint density at radius 2 is 0.839 bits per heavy atom. The molecule has 0 saturated heterocycles. The van der Waals surface area contributed by atoms with Crippen LogP contribution >= 0.6 is 0 Å². The topological polar surface area (TPSA) is 18.1 Å². The molecule has 12 rings (SSSR count). The predicted octanol–water partition coefficient (Wildman–Crippen LogP) is 15.1. The SMILES string of the molecule is c1ccc(-n2c3ccccc3c3cc(-c4cccc(-c5c6ccccc6c(-c6ccc7oc8ccc9ccccc9c8c7c6)c6ccccc56)c4)ccc32)cc1. The van der Waals surface area contributed by atoms with E-state index in [0.29, 0.717) is 0 Å². The highest BCUT2D eigenvalue weighted by Crippen LogP contribution is 2.46. The van der Waals surface area contributed by atoms with Crippen molar-refractivity contribution in [2.75, 3.05) is 0 Å². The molecule has 2 heteroatoms. The molecule has 0 amide bonds. The van der Waals surface area contributed by atoms with Gasteiger partial charge in [0.25, 0.3) is 0 Å². The lowest BCUT2D eigenvalue weighted by Gasteiger charge is -2.18. The Morgan fingerprint density at radius 1 is 0.304 bits per heavy atom. The van der Waals surface area contributed by atoms with Gasteiger partial charge in [-0.05, 0) is 120 Å². The van der Waals surface area contributed by atoms with E-state index in [1.807, 2.05) is 0 Å². The number of hydrogen-bond acceptors (Lipinski definition) is 1. The van der Waals surface area contributed by atoms with E-state index in [1.165, 1.54) is 98.6 Å². The average molecular weight is 712 g/mol. The van der Waals surface area contributed by atoms with Gasteiger partial charge in [0.15, 0.2) is 0 Å². The molecule has 2 aromatic heterocycles. The van der Waals surface area contributed by atoms with Crippen molar-refractivity contribution in [1.82, 2.24) is 4.57 Å². The molecule has 0 bridgehead atoms. The predicted molar refractivity (Wildman–Crippen MR) is 237 cm³/mol. The van der Waals surface area contributed by atoms with Gasteiger partial charge >= 0.3 is 0 Å². The van der Waals surface area contributed by atoms with Crippen LogP contribution < -0.4 is 0 Å². The van der Waals surface area contributed by atoms with Crippen LogP contribution in [0.2, 0.25) is 0 Å². The maximum Gasteiger partial charge on any atom is 0.136 e. The third-order valence-electron chi connectivity index (χ3n) is 11.8. The van der Waals surface area contributed by atoms with Gasteiger partial charge in [0.05, 0.1) is 11.0 Å². The quantitative estimate of drug-likeness (QED) is 0.166. The number of hydrogen-bond donors (Lipinski definition) is 0. The molecule has 260 valence electrons. The number of rotatable bonds is 4. The minimum atomic E-state index is 0.907. The Hall–Kier alpha value is -7.42. The molecule has 0 fully saturated rings. The second-order valence-corrected chi connectivity index (χ2v) is 14.8. The molecule has 2 nitrogen and oxygen atoms in total. The van der Waals surface area contributed by atoms with Crippen molar-refractivity contribution in [3.63, 3.8) is 0 Å². The Labute approximate surface area is 323 Å². The standard InChI is InChI=1S/C54H33NO/c1-2-16-39(17-3-1)55-48-24-11-10-19-41(48)46-32-36(25-28-49(46)55)35-14-12-15-37(31-35)52-42-20-6-8-22-44(42)53(45-23-9-7-21-43(45)52)38-27-29-50-47(33-38)54-40-18-5-4-13-34(40)26-30-51(54)56-50/h1-33H. The van der Waals surface area contributed by atoms with E-state index in [9.17, 15) is 0 Å². The maximum absolute atomic E-state index is 6.42. The lowest BCUT2D eigenvalue weighted by Crippen LogP contribution is -1.93. The van der Waals surface area contributed by atoms with E-state index in [0.717, 1.165) is 16.6 Å². The third kappa shape index (κ3) is 4.57. The Bertz CT molecular complexity index is 3470. The fraction of sp³-hybridized carbons (Fsp3) is 0. The first-order valence-corrected chi connectivity index (χ1v) is 19.3. The van der Waals surface area contributed by atoms with E-state index in [1.54, 1.807) is 0 Å². The molecule has 56 heavy (non-hydrogen) atoms. The molecular weight excluding hydrogens is 679 g/mol. The molecule has 10 aromatic carbocycles. The summed E-state index contributed by atoms with van der Waals surface area (Å²) in [6.07, 6.45) is 0. The van der Waals surface area contributed by atoms with E-state index >= 15 is 0 Å². The van der Waals surface area contributed by atoms with Gasteiger partial charge in [-0.3, -0.25) is 0 Å². The van der Waals surface area contributed by atoms with Crippen molar-refractivity contribution in [3.05, 3.63) is 200 Å². The Kier molecular flexibility index (Phi) is 6.66. The smallest absolute Gasteiger partial charge is 0.136 e. The Balaban J connectivity index is 1.06. The fourth-order valence-corrected chi connectivity index (χ4v) is 9.32. The van der Waals surface area contributed by atoms with Crippen LogP contribution in [0.4, 0.5) is 0 Å². The van der Waals surface area contributed by atoms with Crippen LogP contribution in [-0.2, 0) is 0 Å². The number of aromatic nitrogens is 1. The first-order valence-electron chi connectivity index (χ1n) is 19.3. The van der Waals surface area contributed by atoms with Crippen molar-refractivity contribution in [2.24, 2.45) is 0 Å². The molecule has 12 aromatic rings. The van der Waals surface area contributed by atoms with Crippen molar-refractivity contribution >= 4 is 76.1 Å².